The molecular weight excluding hydrogens is 230 g/mol. The number of hydrogen-bond donors (Lipinski definition) is 0. The molecule has 0 aliphatic rings. The van der Waals surface area contributed by atoms with Crippen LogP contribution in [0.25, 0.3) is 0 Å². The van der Waals surface area contributed by atoms with E-state index in [1.807, 2.05) is 13.8 Å². The Labute approximate surface area is 108 Å². The van der Waals surface area contributed by atoms with Crippen molar-refractivity contribution in [1.82, 2.24) is 4.98 Å². The number of esters is 1. The SMILES string of the molecule is CCCCCOc1c(C)cnc(OC(C)=O)c1C. The number of pyridine rings is 1. The Kier molecular flexibility index (Phi) is 5.62. The number of carbonyl (C=O) groups is 1. The number of aromatic nitrogens is 1. The van der Waals surface area contributed by atoms with E-state index >= 15 is 0 Å². The molecule has 0 radical (unpaired) electrons. The summed E-state index contributed by atoms with van der Waals surface area (Å²) in [4.78, 5) is 15.1. The second-order valence-electron chi connectivity index (χ2n) is 4.35. The molecule has 0 atom stereocenters. The first-order valence-electron chi connectivity index (χ1n) is 6.33. The molecular formula is C14H21NO3. The van der Waals surface area contributed by atoms with Gasteiger partial charge in [0.25, 0.3) is 0 Å². The molecule has 0 N–H and O–H groups in total. The van der Waals surface area contributed by atoms with E-state index in [9.17, 15) is 4.79 Å². The van der Waals surface area contributed by atoms with Crippen molar-refractivity contribution in [2.24, 2.45) is 0 Å². The first-order valence-corrected chi connectivity index (χ1v) is 6.33. The Bertz CT molecular complexity index is 416. The van der Waals surface area contributed by atoms with Crippen LogP contribution in [-0.4, -0.2) is 17.6 Å². The highest BCUT2D eigenvalue weighted by atomic mass is 16.5. The zero-order valence-corrected chi connectivity index (χ0v) is 11.6. The van der Waals surface area contributed by atoms with Crippen LogP contribution in [0.5, 0.6) is 11.6 Å². The molecule has 0 aromatic carbocycles. The molecule has 4 heteroatoms. The van der Waals surface area contributed by atoms with Gasteiger partial charge < -0.3 is 9.47 Å². The van der Waals surface area contributed by atoms with Crippen LogP contribution in [0.3, 0.4) is 0 Å². The zero-order chi connectivity index (χ0) is 13.5. The van der Waals surface area contributed by atoms with Gasteiger partial charge >= 0.3 is 5.97 Å². The molecule has 0 fully saturated rings. The highest BCUT2D eigenvalue weighted by Crippen LogP contribution is 2.29. The van der Waals surface area contributed by atoms with E-state index in [2.05, 4.69) is 11.9 Å². The minimum atomic E-state index is -0.369. The summed E-state index contributed by atoms with van der Waals surface area (Å²) in [6, 6.07) is 0. The lowest BCUT2D eigenvalue weighted by Gasteiger charge is -2.13. The van der Waals surface area contributed by atoms with Crippen molar-refractivity contribution < 1.29 is 14.3 Å². The summed E-state index contributed by atoms with van der Waals surface area (Å²) in [7, 11) is 0. The Morgan fingerprint density at radius 1 is 1.33 bits per heavy atom. The number of rotatable bonds is 6. The number of unbranched alkanes of at least 4 members (excludes halogenated alkanes) is 2. The van der Waals surface area contributed by atoms with Gasteiger partial charge in [0.05, 0.1) is 12.2 Å². The number of hydrogen-bond acceptors (Lipinski definition) is 4. The maximum atomic E-state index is 11.0. The van der Waals surface area contributed by atoms with Crippen molar-refractivity contribution in [3.05, 3.63) is 17.3 Å². The van der Waals surface area contributed by atoms with Gasteiger partial charge in [-0.25, -0.2) is 4.98 Å². The summed E-state index contributed by atoms with van der Waals surface area (Å²) in [5.74, 6) is 0.738. The van der Waals surface area contributed by atoms with Crippen molar-refractivity contribution >= 4 is 5.97 Å². The van der Waals surface area contributed by atoms with Gasteiger partial charge in [0.15, 0.2) is 0 Å². The van der Waals surface area contributed by atoms with Gasteiger partial charge in [0, 0.05) is 18.7 Å². The molecule has 0 saturated heterocycles. The summed E-state index contributed by atoms with van der Waals surface area (Å²) in [6.45, 7) is 7.99. The molecule has 1 heterocycles. The lowest BCUT2D eigenvalue weighted by Crippen LogP contribution is -2.07. The molecule has 1 aromatic heterocycles. The van der Waals surface area contributed by atoms with Gasteiger partial charge in [0.2, 0.25) is 5.88 Å². The molecule has 4 nitrogen and oxygen atoms in total. The van der Waals surface area contributed by atoms with Gasteiger partial charge in [-0.3, -0.25) is 4.79 Å². The van der Waals surface area contributed by atoms with Crippen LogP contribution in [-0.2, 0) is 4.79 Å². The van der Waals surface area contributed by atoms with Crippen LogP contribution in [0, 0.1) is 13.8 Å². The topological polar surface area (TPSA) is 48.4 Å². The second-order valence-corrected chi connectivity index (χ2v) is 4.35. The maximum Gasteiger partial charge on any atom is 0.309 e. The molecule has 0 amide bonds. The quantitative estimate of drug-likeness (QED) is 0.575. The summed E-state index contributed by atoms with van der Waals surface area (Å²) in [6.07, 6.45) is 5.01. The smallest absolute Gasteiger partial charge is 0.309 e. The Morgan fingerprint density at radius 3 is 2.67 bits per heavy atom. The Balaban J connectivity index is 2.78. The molecule has 1 rings (SSSR count). The normalized spacial score (nSPS) is 10.2. The average molecular weight is 251 g/mol. The highest BCUT2D eigenvalue weighted by Gasteiger charge is 2.12. The third-order valence-corrected chi connectivity index (χ3v) is 2.63. The predicted molar refractivity (Wildman–Crippen MR) is 70.0 cm³/mol. The molecule has 0 aliphatic carbocycles. The molecule has 1 aromatic rings. The molecule has 18 heavy (non-hydrogen) atoms. The van der Waals surface area contributed by atoms with Gasteiger partial charge in [-0.2, -0.15) is 0 Å². The van der Waals surface area contributed by atoms with Crippen molar-refractivity contribution in [3.8, 4) is 11.6 Å². The van der Waals surface area contributed by atoms with Crippen LogP contribution in [0.2, 0.25) is 0 Å². The Morgan fingerprint density at radius 2 is 2.06 bits per heavy atom. The van der Waals surface area contributed by atoms with Crippen LogP contribution in [0.4, 0.5) is 0 Å². The largest absolute Gasteiger partial charge is 0.493 e. The Hall–Kier alpha value is -1.58. The lowest BCUT2D eigenvalue weighted by molar-refractivity contribution is -0.132. The summed E-state index contributed by atoms with van der Waals surface area (Å²) in [5.41, 5.74) is 1.74. The highest BCUT2D eigenvalue weighted by molar-refractivity contribution is 5.69. The standard InChI is InChI=1S/C14H21NO3/c1-5-6-7-8-17-13-10(2)9-15-14(11(13)3)18-12(4)16/h9H,5-8H2,1-4H3. The number of carbonyl (C=O) groups excluding carboxylic acids is 1. The summed E-state index contributed by atoms with van der Waals surface area (Å²) < 4.78 is 10.8. The van der Waals surface area contributed by atoms with E-state index in [4.69, 9.17) is 9.47 Å². The fourth-order valence-corrected chi connectivity index (χ4v) is 1.69. The predicted octanol–water partition coefficient (Wildman–Crippen LogP) is 3.19. The van der Waals surface area contributed by atoms with Gasteiger partial charge in [0.1, 0.15) is 5.75 Å². The third-order valence-electron chi connectivity index (χ3n) is 2.63. The minimum Gasteiger partial charge on any atom is -0.493 e. The van der Waals surface area contributed by atoms with Gasteiger partial charge in [-0.1, -0.05) is 19.8 Å². The zero-order valence-electron chi connectivity index (χ0n) is 11.6. The van der Waals surface area contributed by atoms with Crippen molar-refractivity contribution in [1.29, 1.82) is 0 Å². The van der Waals surface area contributed by atoms with Crippen LogP contribution in [0.15, 0.2) is 6.20 Å². The van der Waals surface area contributed by atoms with Crippen molar-refractivity contribution in [3.63, 3.8) is 0 Å². The van der Waals surface area contributed by atoms with Crippen LogP contribution in [0.1, 0.15) is 44.2 Å². The summed E-state index contributed by atoms with van der Waals surface area (Å²) >= 11 is 0. The third kappa shape index (κ3) is 4.02. The first kappa shape index (κ1) is 14.5. The monoisotopic (exact) mass is 251 g/mol. The fourth-order valence-electron chi connectivity index (χ4n) is 1.69. The van der Waals surface area contributed by atoms with Gasteiger partial charge in [-0.05, 0) is 20.3 Å². The molecule has 0 aliphatic heterocycles. The van der Waals surface area contributed by atoms with E-state index in [1.165, 1.54) is 6.92 Å². The molecule has 0 bridgehead atoms. The van der Waals surface area contributed by atoms with E-state index < -0.39 is 0 Å². The second kappa shape index (κ2) is 6.99. The average Bonchev–Trinajstić information content (AvgIpc) is 2.31. The first-order chi connectivity index (χ1) is 8.56. The van der Waals surface area contributed by atoms with Crippen LogP contribution >= 0.6 is 0 Å². The van der Waals surface area contributed by atoms with E-state index in [0.29, 0.717) is 12.5 Å². The molecule has 0 spiro atoms. The van der Waals surface area contributed by atoms with Crippen molar-refractivity contribution in [2.75, 3.05) is 6.61 Å². The lowest BCUT2D eigenvalue weighted by atomic mass is 10.2. The molecule has 0 unspecified atom stereocenters. The van der Waals surface area contributed by atoms with Crippen LogP contribution < -0.4 is 9.47 Å². The maximum absolute atomic E-state index is 11.0. The number of nitrogens with zero attached hydrogens (tertiary/aromatic N) is 1. The van der Waals surface area contributed by atoms with Gasteiger partial charge in [-0.15, -0.1) is 0 Å². The fraction of sp³-hybridized carbons (Fsp3) is 0.571. The molecule has 0 saturated carbocycles. The summed E-state index contributed by atoms with van der Waals surface area (Å²) in [5, 5.41) is 0. The van der Waals surface area contributed by atoms with E-state index in [-0.39, 0.29) is 5.97 Å². The van der Waals surface area contributed by atoms with E-state index in [0.717, 1.165) is 36.1 Å². The number of ether oxygens (including phenoxy) is 2. The van der Waals surface area contributed by atoms with E-state index in [1.54, 1.807) is 6.20 Å². The molecule has 100 valence electrons. The van der Waals surface area contributed by atoms with Crippen molar-refractivity contribution in [2.45, 2.75) is 47.0 Å². The minimum absolute atomic E-state index is 0.332. The number of aryl methyl sites for hydroxylation is 1.